The number of nitrogens with zero attached hydrogens (tertiary/aromatic N) is 1. The molecule has 0 aliphatic heterocycles. The molecule has 0 atom stereocenters. The first-order valence-electron chi connectivity index (χ1n) is 7.61. The van der Waals surface area contributed by atoms with E-state index in [-0.39, 0.29) is 18.2 Å². The number of amides is 2. The Hall–Kier alpha value is -2.57. The first kappa shape index (κ1) is 19.8. The molecule has 2 amide bonds. The summed E-state index contributed by atoms with van der Waals surface area (Å²) in [4.78, 5) is 24.0. The van der Waals surface area contributed by atoms with Gasteiger partial charge in [-0.05, 0) is 49.4 Å². The molecule has 2 N–H and O–H groups in total. The van der Waals surface area contributed by atoms with Crippen molar-refractivity contribution in [1.82, 2.24) is 5.43 Å². The van der Waals surface area contributed by atoms with Crippen LogP contribution in [-0.2, 0) is 4.79 Å². The van der Waals surface area contributed by atoms with Gasteiger partial charge in [0.15, 0.2) is 0 Å². The maximum atomic E-state index is 12.0. The van der Waals surface area contributed by atoms with Crippen LogP contribution in [-0.4, -0.2) is 24.6 Å². The fourth-order valence-electron chi connectivity index (χ4n) is 2.00. The van der Waals surface area contributed by atoms with Crippen LogP contribution < -0.4 is 15.5 Å². The Labute approximate surface area is 161 Å². The minimum Gasteiger partial charge on any atom is -0.497 e. The van der Waals surface area contributed by atoms with Crippen LogP contribution >= 0.6 is 23.2 Å². The summed E-state index contributed by atoms with van der Waals surface area (Å²) < 4.78 is 5.03. The van der Waals surface area contributed by atoms with Gasteiger partial charge in [0.05, 0.1) is 23.6 Å². The number of hydrazone groups is 1. The molecule has 0 saturated heterocycles. The van der Waals surface area contributed by atoms with Crippen molar-refractivity contribution in [3.05, 3.63) is 58.1 Å². The second-order valence-corrected chi connectivity index (χ2v) is 6.18. The Bertz CT molecular complexity index is 836. The summed E-state index contributed by atoms with van der Waals surface area (Å²) in [7, 11) is 1.55. The molecule has 2 rings (SSSR count). The molecule has 2 aromatic carbocycles. The van der Waals surface area contributed by atoms with Gasteiger partial charge in [-0.15, -0.1) is 0 Å². The molecule has 6 nitrogen and oxygen atoms in total. The minimum absolute atomic E-state index is 0.0170. The van der Waals surface area contributed by atoms with E-state index >= 15 is 0 Å². The van der Waals surface area contributed by atoms with E-state index in [1.807, 2.05) is 0 Å². The molecule has 0 unspecified atom stereocenters. The van der Waals surface area contributed by atoms with Gasteiger partial charge in [0.25, 0.3) is 5.91 Å². The van der Waals surface area contributed by atoms with E-state index in [1.165, 1.54) is 0 Å². The summed E-state index contributed by atoms with van der Waals surface area (Å²) >= 11 is 11.7. The van der Waals surface area contributed by atoms with Crippen molar-refractivity contribution >= 4 is 46.4 Å². The van der Waals surface area contributed by atoms with Crippen LogP contribution in [0, 0.1) is 0 Å². The van der Waals surface area contributed by atoms with Crippen LogP contribution in [0.2, 0.25) is 10.0 Å². The van der Waals surface area contributed by atoms with Gasteiger partial charge in [-0.3, -0.25) is 9.59 Å². The van der Waals surface area contributed by atoms with E-state index in [2.05, 4.69) is 15.8 Å². The Kier molecular flexibility index (Phi) is 7.00. The Morgan fingerprint density at radius 2 is 1.77 bits per heavy atom. The molecule has 2 aromatic rings. The van der Waals surface area contributed by atoms with Crippen LogP contribution in [0.5, 0.6) is 5.75 Å². The fraction of sp³-hybridized carbons (Fsp3) is 0.167. The zero-order chi connectivity index (χ0) is 19.1. The zero-order valence-electron chi connectivity index (χ0n) is 14.2. The highest BCUT2D eigenvalue weighted by Crippen LogP contribution is 2.25. The third kappa shape index (κ3) is 5.75. The van der Waals surface area contributed by atoms with E-state index in [1.54, 1.807) is 56.5 Å². The van der Waals surface area contributed by atoms with E-state index in [0.717, 1.165) is 0 Å². The number of hydrogen-bond donors (Lipinski definition) is 2. The first-order valence-corrected chi connectivity index (χ1v) is 8.37. The van der Waals surface area contributed by atoms with Crippen molar-refractivity contribution in [2.75, 3.05) is 12.4 Å². The van der Waals surface area contributed by atoms with Crippen LogP contribution in [0.1, 0.15) is 23.7 Å². The van der Waals surface area contributed by atoms with E-state index in [9.17, 15) is 9.59 Å². The topological polar surface area (TPSA) is 79.8 Å². The summed E-state index contributed by atoms with van der Waals surface area (Å²) in [6.07, 6.45) is 0.0170. The van der Waals surface area contributed by atoms with Gasteiger partial charge in [-0.2, -0.15) is 5.10 Å². The predicted octanol–water partition coefficient (Wildman–Crippen LogP) is 4.14. The van der Waals surface area contributed by atoms with Gasteiger partial charge in [-0.1, -0.05) is 23.2 Å². The molecule has 0 heterocycles. The highest BCUT2D eigenvalue weighted by molar-refractivity contribution is 6.42. The molecule has 8 heteroatoms. The average Bonchev–Trinajstić information content (AvgIpc) is 2.62. The van der Waals surface area contributed by atoms with Crippen LogP contribution in [0.25, 0.3) is 0 Å². The molecule has 0 aliphatic rings. The maximum Gasteiger partial charge on any atom is 0.271 e. The van der Waals surface area contributed by atoms with E-state index in [4.69, 9.17) is 27.9 Å². The van der Waals surface area contributed by atoms with Crippen molar-refractivity contribution in [2.24, 2.45) is 5.10 Å². The number of ether oxygens (including phenoxy) is 1. The number of benzene rings is 2. The van der Waals surface area contributed by atoms with Crippen LogP contribution in [0.4, 0.5) is 5.69 Å². The lowest BCUT2D eigenvalue weighted by Gasteiger charge is -2.07. The molecule has 26 heavy (non-hydrogen) atoms. The quantitative estimate of drug-likeness (QED) is 0.571. The van der Waals surface area contributed by atoms with E-state index in [0.29, 0.717) is 32.8 Å². The molecule has 0 aromatic heterocycles. The molecule has 0 fully saturated rings. The zero-order valence-corrected chi connectivity index (χ0v) is 15.7. The number of carbonyl (C=O) groups excluding carboxylic acids is 2. The van der Waals surface area contributed by atoms with Gasteiger partial charge in [0.2, 0.25) is 5.91 Å². The standard InChI is InChI=1S/C18H17Cl2N3O3/c1-11(9-17(24)21-13-5-8-15(19)16(20)10-13)22-23-18(25)12-3-6-14(26-2)7-4-12/h3-8,10H,9H2,1-2H3,(H,21,24)(H,23,25). The number of methoxy groups -OCH3 is 1. The summed E-state index contributed by atoms with van der Waals surface area (Å²) in [5.41, 5.74) is 3.82. The second-order valence-electron chi connectivity index (χ2n) is 5.37. The molecule has 0 saturated carbocycles. The van der Waals surface area contributed by atoms with Crippen molar-refractivity contribution in [2.45, 2.75) is 13.3 Å². The van der Waals surface area contributed by atoms with Crippen molar-refractivity contribution in [3.63, 3.8) is 0 Å². The van der Waals surface area contributed by atoms with Gasteiger partial charge >= 0.3 is 0 Å². The average molecular weight is 394 g/mol. The van der Waals surface area contributed by atoms with Gasteiger partial charge in [0.1, 0.15) is 5.75 Å². The third-order valence-corrected chi connectivity index (χ3v) is 4.06. The number of hydrogen-bond acceptors (Lipinski definition) is 4. The highest BCUT2D eigenvalue weighted by atomic mass is 35.5. The molecule has 0 spiro atoms. The SMILES string of the molecule is COc1ccc(C(=O)NN=C(C)CC(=O)Nc2ccc(Cl)c(Cl)c2)cc1. The lowest BCUT2D eigenvalue weighted by molar-refractivity contribution is -0.115. The van der Waals surface area contributed by atoms with Crippen molar-refractivity contribution < 1.29 is 14.3 Å². The maximum absolute atomic E-state index is 12.0. The third-order valence-electron chi connectivity index (χ3n) is 3.32. The Balaban J connectivity index is 1.89. The molecular weight excluding hydrogens is 377 g/mol. The van der Waals surface area contributed by atoms with E-state index < -0.39 is 0 Å². The molecule has 0 radical (unpaired) electrons. The van der Waals surface area contributed by atoms with Gasteiger partial charge < -0.3 is 10.1 Å². The Morgan fingerprint density at radius 3 is 2.38 bits per heavy atom. The van der Waals surface area contributed by atoms with Crippen LogP contribution in [0.15, 0.2) is 47.6 Å². The molecule has 136 valence electrons. The predicted molar refractivity (Wildman–Crippen MR) is 103 cm³/mol. The fourth-order valence-corrected chi connectivity index (χ4v) is 2.30. The number of halogens is 2. The minimum atomic E-state index is -0.378. The lowest BCUT2D eigenvalue weighted by atomic mass is 10.2. The monoisotopic (exact) mass is 393 g/mol. The number of rotatable bonds is 6. The molecule has 0 aliphatic carbocycles. The lowest BCUT2D eigenvalue weighted by Crippen LogP contribution is -2.21. The van der Waals surface area contributed by atoms with Gasteiger partial charge in [-0.25, -0.2) is 5.43 Å². The number of carbonyl (C=O) groups is 2. The van der Waals surface area contributed by atoms with Crippen molar-refractivity contribution in [3.8, 4) is 5.75 Å². The van der Waals surface area contributed by atoms with Crippen LogP contribution in [0.3, 0.4) is 0 Å². The summed E-state index contributed by atoms with van der Waals surface area (Å²) in [5.74, 6) is -0.0135. The molecular formula is C18H17Cl2N3O3. The largest absolute Gasteiger partial charge is 0.497 e. The highest BCUT2D eigenvalue weighted by Gasteiger charge is 2.08. The second kappa shape index (κ2) is 9.22. The van der Waals surface area contributed by atoms with Crippen molar-refractivity contribution in [1.29, 1.82) is 0 Å². The normalized spacial score (nSPS) is 11.0. The smallest absolute Gasteiger partial charge is 0.271 e. The van der Waals surface area contributed by atoms with Gasteiger partial charge in [0, 0.05) is 17.0 Å². The molecule has 0 bridgehead atoms. The summed E-state index contributed by atoms with van der Waals surface area (Å²) in [6, 6.07) is 11.4. The summed E-state index contributed by atoms with van der Waals surface area (Å²) in [6.45, 7) is 1.64. The summed E-state index contributed by atoms with van der Waals surface area (Å²) in [5, 5.41) is 7.37. The number of nitrogens with one attached hydrogen (secondary N) is 2. The first-order chi connectivity index (χ1) is 12.4. The Morgan fingerprint density at radius 1 is 1.08 bits per heavy atom. The number of anilines is 1.